The summed E-state index contributed by atoms with van der Waals surface area (Å²) in [6.45, 7) is 10.0. The highest BCUT2D eigenvalue weighted by Gasteiger charge is 2.26. The molecule has 0 amide bonds. The number of benzene rings is 1. The van der Waals surface area contributed by atoms with Crippen molar-refractivity contribution in [2.75, 3.05) is 13.1 Å². The molecule has 112 valence electrons. The summed E-state index contributed by atoms with van der Waals surface area (Å²) in [7, 11) is 0. The van der Waals surface area contributed by atoms with E-state index in [1.54, 1.807) is 12.1 Å². The number of nitrogens with zero attached hydrogens (tertiary/aromatic N) is 1. The van der Waals surface area contributed by atoms with Gasteiger partial charge in [0.2, 0.25) is 0 Å². The minimum atomic E-state index is 0.346. The van der Waals surface area contributed by atoms with Gasteiger partial charge >= 0.3 is 0 Å². The number of phenols is 1. The van der Waals surface area contributed by atoms with Gasteiger partial charge in [0, 0.05) is 31.7 Å². The van der Waals surface area contributed by atoms with Crippen LogP contribution in [0.3, 0.4) is 0 Å². The van der Waals surface area contributed by atoms with Crippen molar-refractivity contribution in [3.05, 3.63) is 29.8 Å². The van der Waals surface area contributed by atoms with E-state index < -0.39 is 0 Å². The smallest absolute Gasteiger partial charge is 0.115 e. The topological polar surface area (TPSA) is 35.5 Å². The van der Waals surface area contributed by atoms with E-state index in [1.165, 1.54) is 18.4 Å². The quantitative estimate of drug-likeness (QED) is 0.868. The van der Waals surface area contributed by atoms with Gasteiger partial charge in [-0.3, -0.25) is 4.90 Å². The fourth-order valence-electron chi connectivity index (χ4n) is 3.09. The van der Waals surface area contributed by atoms with Gasteiger partial charge in [-0.15, -0.1) is 0 Å². The Hall–Kier alpha value is -1.06. The van der Waals surface area contributed by atoms with E-state index in [-0.39, 0.29) is 0 Å². The summed E-state index contributed by atoms with van der Waals surface area (Å²) in [6.07, 6.45) is 2.42. The van der Waals surface area contributed by atoms with Crippen LogP contribution in [0.1, 0.15) is 39.2 Å². The largest absolute Gasteiger partial charge is 0.508 e. The van der Waals surface area contributed by atoms with Crippen LogP contribution in [0.25, 0.3) is 0 Å². The van der Waals surface area contributed by atoms with Gasteiger partial charge in [0.15, 0.2) is 0 Å². The zero-order valence-corrected chi connectivity index (χ0v) is 13.0. The highest BCUT2D eigenvalue weighted by Crippen LogP contribution is 2.19. The average molecular weight is 276 g/mol. The first-order valence-corrected chi connectivity index (χ1v) is 7.83. The maximum absolute atomic E-state index is 9.38. The maximum atomic E-state index is 9.38. The van der Waals surface area contributed by atoms with E-state index in [2.05, 4.69) is 31.0 Å². The second-order valence-corrected chi connectivity index (χ2v) is 6.39. The number of piperazine rings is 1. The normalized spacial score (nSPS) is 24.2. The Bertz CT molecular complexity index is 402. The lowest BCUT2D eigenvalue weighted by molar-refractivity contribution is 0.111. The van der Waals surface area contributed by atoms with Gasteiger partial charge in [0.05, 0.1) is 0 Å². The van der Waals surface area contributed by atoms with E-state index in [1.807, 2.05) is 12.1 Å². The molecular weight excluding hydrogens is 248 g/mol. The summed E-state index contributed by atoms with van der Waals surface area (Å²) in [5.41, 5.74) is 1.28. The van der Waals surface area contributed by atoms with Crippen LogP contribution in [0.5, 0.6) is 5.75 Å². The van der Waals surface area contributed by atoms with Crippen molar-refractivity contribution in [2.24, 2.45) is 5.92 Å². The number of rotatable bonds is 5. The lowest BCUT2D eigenvalue weighted by Crippen LogP contribution is -2.56. The molecule has 1 aliphatic rings. The lowest BCUT2D eigenvalue weighted by atomic mass is 9.98. The summed E-state index contributed by atoms with van der Waals surface area (Å²) in [4.78, 5) is 2.59. The van der Waals surface area contributed by atoms with Crippen LogP contribution in [0.15, 0.2) is 24.3 Å². The predicted octanol–water partition coefficient (Wildman–Crippen LogP) is 2.99. The second kappa shape index (κ2) is 7.09. The molecule has 1 fully saturated rings. The predicted molar refractivity (Wildman–Crippen MR) is 83.8 cm³/mol. The lowest BCUT2D eigenvalue weighted by Gasteiger charge is -2.40. The zero-order chi connectivity index (χ0) is 14.5. The van der Waals surface area contributed by atoms with Crippen LogP contribution in [0, 0.1) is 5.92 Å². The van der Waals surface area contributed by atoms with E-state index in [0.717, 1.165) is 25.6 Å². The molecule has 2 unspecified atom stereocenters. The summed E-state index contributed by atoms with van der Waals surface area (Å²) in [5.74, 6) is 1.08. The summed E-state index contributed by atoms with van der Waals surface area (Å²) in [6, 6.07) is 8.85. The van der Waals surface area contributed by atoms with Crippen LogP contribution in [0.4, 0.5) is 0 Å². The Morgan fingerprint density at radius 3 is 2.60 bits per heavy atom. The highest BCUT2D eigenvalue weighted by molar-refractivity contribution is 5.25. The Kier molecular flexibility index (Phi) is 5.44. The molecule has 0 spiro atoms. The molecule has 1 aromatic carbocycles. The molecule has 1 aliphatic heterocycles. The van der Waals surface area contributed by atoms with E-state index in [4.69, 9.17) is 0 Å². The van der Waals surface area contributed by atoms with Crippen molar-refractivity contribution in [3.8, 4) is 5.75 Å². The molecule has 2 atom stereocenters. The number of hydrogen-bond donors (Lipinski definition) is 2. The van der Waals surface area contributed by atoms with Crippen LogP contribution in [-0.4, -0.2) is 35.2 Å². The third-order valence-corrected chi connectivity index (χ3v) is 4.16. The molecule has 0 saturated carbocycles. The van der Waals surface area contributed by atoms with E-state index in [9.17, 15) is 5.11 Å². The van der Waals surface area contributed by atoms with E-state index in [0.29, 0.717) is 17.8 Å². The van der Waals surface area contributed by atoms with Gasteiger partial charge in [-0.25, -0.2) is 0 Å². The Morgan fingerprint density at radius 1 is 1.30 bits per heavy atom. The summed E-state index contributed by atoms with van der Waals surface area (Å²) in [5, 5.41) is 13.1. The van der Waals surface area contributed by atoms with Crippen LogP contribution < -0.4 is 5.32 Å². The van der Waals surface area contributed by atoms with Crippen molar-refractivity contribution in [3.63, 3.8) is 0 Å². The molecule has 0 aliphatic carbocycles. The molecule has 1 aromatic rings. The van der Waals surface area contributed by atoms with E-state index >= 15 is 0 Å². The van der Waals surface area contributed by atoms with Gasteiger partial charge in [-0.2, -0.15) is 0 Å². The minimum Gasteiger partial charge on any atom is -0.508 e. The fraction of sp³-hybridized carbons (Fsp3) is 0.647. The first kappa shape index (κ1) is 15.3. The Labute approximate surface area is 123 Å². The molecule has 2 rings (SSSR count). The summed E-state index contributed by atoms with van der Waals surface area (Å²) >= 11 is 0. The van der Waals surface area contributed by atoms with Crippen molar-refractivity contribution >= 4 is 0 Å². The van der Waals surface area contributed by atoms with Gasteiger partial charge in [-0.05, 0) is 36.5 Å². The molecular formula is C17H28N2O. The van der Waals surface area contributed by atoms with Crippen molar-refractivity contribution in [2.45, 2.75) is 52.2 Å². The molecule has 3 heteroatoms. The molecule has 20 heavy (non-hydrogen) atoms. The molecule has 2 N–H and O–H groups in total. The van der Waals surface area contributed by atoms with Crippen LogP contribution in [0.2, 0.25) is 0 Å². The van der Waals surface area contributed by atoms with Crippen molar-refractivity contribution < 1.29 is 5.11 Å². The minimum absolute atomic E-state index is 0.346. The zero-order valence-electron chi connectivity index (χ0n) is 13.0. The SMILES string of the molecule is CCC1CNC(CC(C)C)CN1Cc1ccc(O)cc1. The summed E-state index contributed by atoms with van der Waals surface area (Å²) < 4.78 is 0. The van der Waals surface area contributed by atoms with Gasteiger partial charge in [0.1, 0.15) is 5.75 Å². The third kappa shape index (κ3) is 4.22. The van der Waals surface area contributed by atoms with Gasteiger partial charge < -0.3 is 10.4 Å². The van der Waals surface area contributed by atoms with Crippen LogP contribution >= 0.6 is 0 Å². The molecule has 0 aromatic heterocycles. The maximum Gasteiger partial charge on any atom is 0.115 e. The number of aromatic hydroxyl groups is 1. The second-order valence-electron chi connectivity index (χ2n) is 6.39. The number of phenolic OH excluding ortho intramolecular Hbond substituents is 1. The van der Waals surface area contributed by atoms with Gasteiger partial charge in [-0.1, -0.05) is 32.9 Å². The monoisotopic (exact) mass is 276 g/mol. The number of nitrogens with one attached hydrogen (secondary N) is 1. The molecule has 1 saturated heterocycles. The first-order chi connectivity index (χ1) is 9.58. The highest BCUT2D eigenvalue weighted by atomic mass is 16.3. The Balaban J connectivity index is 1.99. The average Bonchev–Trinajstić information content (AvgIpc) is 2.41. The molecule has 0 bridgehead atoms. The van der Waals surface area contributed by atoms with Crippen molar-refractivity contribution in [1.29, 1.82) is 0 Å². The number of hydrogen-bond acceptors (Lipinski definition) is 3. The fourth-order valence-corrected chi connectivity index (χ4v) is 3.09. The van der Waals surface area contributed by atoms with Crippen molar-refractivity contribution in [1.82, 2.24) is 10.2 Å². The first-order valence-electron chi connectivity index (χ1n) is 7.83. The molecule has 3 nitrogen and oxygen atoms in total. The molecule has 1 heterocycles. The third-order valence-electron chi connectivity index (χ3n) is 4.16. The van der Waals surface area contributed by atoms with Crippen LogP contribution in [-0.2, 0) is 6.54 Å². The standard InChI is InChI=1S/C17H28N2O/c1-4-16-10-18-15(9-13(2)3)12-19(16)11-14-5-7-17(20)8-6-14/h5-8,13,15-16,18,20H,4,9-12H2,1-3H3. The molecule has 0 radical (unpaired) electrons. The van der Waals surface area contributed by atoms with Gasteiger partial charge in [0.25, 0.3) is 0 Å². The Morgan fingerprint density at radius 2 is 2.00 bits per heavy atom.